The van der Waals surface area contributed by atoms with E-state index >= 15 is 0 Å². The van der Waals surface area contributed by atoms with E-state index in [9.17, 15) is 4.79 Å². The molecule has 1 unspecified atom stereocenters. The van der Waals surface area contributed by atoms with Gasteiger partial charge in [0, 0.05) is 5.88 Å². The van der Waals surface area contributed by atoms with Crippen LogP contribution in [0.5, 0.6) is 0 Å². The number of alkyl halides is 1. The molecule has 0 fully saturated rings. The molecule has 20 heavy (non-hydrogen) atoms. The molecular formula is C17H26ClNO. The zero-order valence-electron chi connectivity index (χ0n) is 13.2. The van der Waals surface area contributed by atoms with Gasteiger partial charge in [-0.3, -0.25) is 4.79 Å². The van der Waals surface area contributed by atoms with Gasteiger partial charge in [-0.2, -0.15) is 0 Å². The molecule has 1 amide bonds. The fourth-order valence-corrected chi connectivity index (χ4v) is 2.07. The molecule has 0 aliphatic carbocycles. The summed E-state index contributed by atoms with van der Waals surface area (Å²) in [6.07, 6.45) is 1.08. The van der Waals surface area contributed by atoms with Gasteiger partial charge in [-0.25, -0.2) is 0 Å². The standard InChI is InChI=1S/C17H26ClNO/c1-12(2)10-14-6-8-15(9-7-14)13(3)19-16(20)17(4,5)11-18/h6-9,12-13H,10-11H2,1-5H3,(H,19,20). The van der Waals surface area contributed by atoms with E-state index in [0.717, 1.165) is 12.0 Å². The third-order valence-corrected chi connectivity index (χ3v) is 4.09. The van der Waals surface area contributed by atoms with Gasteiger partial charge in [0.25, 0.3) is 0 Å². The van der Waals surface area contributed by atoms with E-state index in [-0.39, 0.29) is 11.9 Å². The van der Waals surface area contributed by atoms with E-state index in [1.54, 1.807) is 0 Å². The van der Waals surface area contributed by atoms with Crippen molar-refractivity contribution in [2.75, 3.05) is 5.88 Å². The highest BCUT2D eigenvalue weighted by Crippen LogP contribution is 2.21. The molecule has 1 aromatic carbocycles. The highest BCUT2D eigenvalue weighted by atomic mass is 35.5. The van der Waals surface area contributed by atoms with E-state index in [2.05, 4.69) is 43.4 Å². The van der Waals surface area contributed by atoms with Crippen molar-refractivity contribution in [1.29, 1.82) is 0 Å². The van der Waals surface area contributed by atoms with E-state index in [1.165, 1.54) is 5.56 Å². The van der Waals surface area contributed by atoms with Crippen LogP contribution in [-0.4, -0.2) is 11.8 Å². The topological polar surface area (TPSA) is 29.1 Å². The van der Waals surface area contributed by atoms with Crippen LogP contribution in [-0.2, 0) is 11.2 Å². The second kappa shape index (κ2) is 7.12. The minimum Gasteiger partial charge on any atom is -0.349 e. The molecule has 0 saturated heterocycles. The second-order valence-electron chi connectivity index (χ2n) is 6.55. The van der Waals surface area contributed by atoms with Crippen LogP contribution >= 0.6 is 11.6 Å². The van der Waals surface area contributed by atoms with Crippen molar-refractivity contribution in [1.82, 2.24) is 5.32 Å². The van der Waals surface area contributed by atoms with Gasteiger partial charge in [-0.1, -0.05) is 38.1 Å². The number of hydrogen-bond donors (Lipinski definition) is 1. The van der Waals surface area contributed by atoms with Crippen LogP contribution in [0.1, 0.15) is 51.8 Å². The first-order chi connectivity index (χ1) is 9.26. The van der Waals surface area contributed by atoms with E-state index in [4.69, 9.17) is 11.6 Å². The second-order valence-corrected chi connectivity index (χ2v) is 6.82. The highest BCUT2D eigenvalue weighted by Gasteiger charge is 2.27. The lowest BCUT2D eigenvalue weighted by molar-refractivity contribution is -0.129. The normalized spacial score (nSPS) is 13.3. The van der Waals surface area contributed by atoms with Crippen molar-refractivity contribution in [3.05, 3.63) is 35.4 Å². The van der Waals surface area contributed by atoms with Crippen molar-refractivity contribution in [3.8, 4) is 0 Å². The van der Waals surface area contributed by atoms with Crippen LogP contribution in [0.25, 0.3) is 0 Å². The van der Waals surface area contributed by atoms with Gasteiger partial charge in [-0.15, -0.1) is 11.6 Å². The van der Waals surface area contributed by atoms with Crippen LogP contribution in [0.2, 0.25) is 0 Å². The molecule has 1 rings (SSSR count). The Labute approximate surface area is 127 Å². The predicted octanol–water partition coefficient (Wildman–Crippen LogP) is 4.33. The van der Waals surface area contributed by atoms with Crippen molar-refractivity contribution >= 4 is 17.5 Å². The molecule has 1 atom stereocenters. The van der Waals surface area contributed by atoms with Crippen molar-refractivity contribution in [2.24, 2.45) is 11.3 Å². The molecule has 1 aromatic rings. The molecule has 0 bridgehead atoms. The Bertz CT molecular complexity index is 437. The Hall–Kier alpha value is -1.02. The third-order valence-electron chi connectivity index (χ3n) is 3.42. The summed E-state index contributed by atoms with van der Waals surface area (Å²) in [5.74, 6) is 0.965. The Balaban J connectivity index is 2.68. The number of amides is 1. The maximum atomic E-state index is 12.1. The Kier molecular flexibility index (Phi) is 6.07. The van der Waals surface area contributed by atoms with Gasteiger partial charge in [0.1, 0.15) is 0 Å². The molecule has 0 radical (unpaired) electrons. The number of nitrogens with one attached hydrogen (secondary N) is 1. The van der Waals surface area contributed by atoms with E-state index in [0.29, 0.717) is 11.8 Å². The smallest absolute Gasteiger partial charge is 0.227 e. The average Bonchev–Trinajstić information content (AvgIpc) is 2.38. The molecule has 2 nitrogen and oxygen atoms in total. The van der Waals surface area contributed by atoms with Crippen LogP contribution < -0.4 is 5.32 Å². The maximum Gasteiger partial charge on any atom is 0.227 e. The average molecular weight is 296 g/mol. The summed E-state index contributed by atoms with van der Waals surface area (Å²) in [5, 5.41) is 3.02. The van der Waals surface area contributed by atoms with Crippen LogP contribution in [0.3, 0.4) is 0 Å². The SMILES string of the molecule is CC(C)Cc1ccc(C(C)NC(=O)C(C)(C)CCl)cc1. The van der Waals surface area contributed by atoms with Crippen LogP contribution in [0.15, 0.2) is 24.3 Å². The zero-order chi connectivity index (χ0) is 15.3. The van der Waals surface area contributed by atoms with Gasteiger partial charge < -0.3 is 5.32 Å². The molecule has 0 aliphatic heterocycles. The van der Waals surface area contributed by atoms with Crippen molar-refractivity contribution < 1.29 is 4.79 Å². The van der Waals surface area contributed by atoms with Crippen molar-refractivity contribution in [2.45, 2.75) is 47.1 Å². The number of rotatable bonds is 6. The summed E-state index contributed by atoms with van der Waals surface area (Å²) in [5.41, 5.74) is 1.92. The Morgan fingerprint density at radius 3 is 2.20 bits per heavy atom. The first-order valence-electron chi connectivity index (χ1n) is 7.22. The molecule has 0 heterocycles. The summed E-state index contributed by atoms with van der Waals surface area (Å²) in [4.78, 5) is 12.1. The largest absolute Gasteiger partial charge is 0.349 e. The summed E-state index contributed by atoms with van der Waals surface area (Å²) >= 11 is 5.83. The summed E-state index contributed by atoms with van der Waals surface area (Å²) in [6.45, 7) is 10.1. The molecule has 0 spiro atoms. The fourth-order valence-electron chi connectivity index (χ4n) is 1.95. The first-order valence-corrected chi connectivity index (χ1v) is 7.75. The highest BCUT2D eigenvalue weighted by molar-refractivity contribution is 6.19. The maximum absolute atomic E-state index is 12.1. The van der Waals surface area contributed by atoms with Crippen LogP contribution in [0, 0.1) is 11.3 Å². The Morgan fingerprint density at radius 2 is 1.75 bits per heavy atom. The molecule has 0 aliphatic rings. The van der Waals surface area contributed by atoms with E-state index in [1.807, 2.05) is 20.8 Å². The number of benzene rings is 1. The zero-order valence-corrected chi connectivity index (χ0v) is 13.9. The van der Waals surface area contributed by atoms with Gasteiger partial charge in [0.05, 0.1) is 11.5 Å². The predicted molar refractivity (Wildman–Crippen MR) is 86.0 cm³/mol. The fraction of sp³-hybridized carbons (Fsp3) is 0.588. The van der Waals surface area contributed by atoms with Gasteiger partial charge in [-0.05, 0) is 44.2 Å². The lowest BCUT2D eigenvalue weighted by atomic mass is 9.94. The molecule has 1 N–H and O–H groups in total. The van der Waals surface area contributed by atoms with Gasteiger partial charge in [0.2, 0.25) is 5.91 Å². The minimum atomic E-state index is -0.534. The minimum absolute atomic E-state index is 0.00177. The molecule has 0 aromatic heterocycles. The van der Waals surface area contributed by atoms with Crippen LogP contribution in [0.4, 0.5) is 0 Å². The monoisotopic (exact) mass is 295 g/mol. The lowest BCUT2D eigenvalue weighted by Gasteiger charge is -2.24. The quantitative estimate of drug-likeness (QED) is 0.778. The molecule has 112 valence electrons. The summed E-state index contributed by atoms with van der Waals surface area (Å²) in [6, 6.07) is 8.47. The lowest BCUT2D eigenvalue weighted by Crippen LogP contribution is -2.39. The number of halogens is 1. The third kappa shape index (κ3) is 4.82. The summed E-state index contributed by atoms with van der Waals surface area (Å²) < 4.78 is 0. The first kappa shape index (κ1) is 17.0. The number of carbonyl (C=O) groups excluding carboxylic acids is 1. The molecular weight excluding hydrogens is 270 g/mol. The van der Waals surface area contributed by atoms with E-state index < -0.39 is 5.41 Å². The number of carbonyl (C=O) groups is 1. The molecule has 3 heteroatoms. The van der Waals surface area contributed by atoms with Crippen molar-refractivity contribution in [3.63, 3.8) is 0 Å². The summed E-state index contributed by atoms with van der Waals surface area (Å²) in [7, 11) is 0. The van der Waals surface area contributed by atoms with Gasteiger partial charge in [0.15, 0.2) is 0 Å². The molecule has 0 saturated carbocycles. The number of hydrogen-bond acceptors (Lipinski definition) is 1. The Morgan fingerprint density at radius 1 is 1.20 bits per heavy atom. The van der Waals surface area contributed by atoms with Gasteiger partial charge >= 0.3 is 0 Å².